The second-order valence-corrected chi connectivity index (χ2v) is 5.85. The molecule has 2 aromatic heterocycles. The Morgan fingerprint density at radius 2 is 2.22 bits per heavy atom. The highest BCUT2D eigenvalue weighted by Crippen LogP contribution is 2.28. The molecule has 0 aliphatic carbocycles. The summed E-state index contributed by atoms with van der Waals surface area (Å²) in [5.74, 6) is -0.390. The first-order valence-corrected chi connectivity index (χ1v) is 7.63. The van der Waals surface area contributed by atoms with E-state index in [2.05, 4.69) is 15.6 Å². The Labute approximate surface area is 134 Å². The van der Waals surface area contributed by atoms with Gasteiger partial charge < -0.3 is 0 Å². The molecule has 0 unspecified atom stereocenters. The molecule has 0 aromatic carbocycles. The Balaban J connectivity index is 1.86. The zero-order valence-corrected chi connectivity index (χ0v) is 13.3. The van der Waals surface area contributed by atoms with Crippen LogP contribution in [-0.4, -0.2) is 21.9 Å². The number of carbonyl (C=O) groups is 1. The molecular formula is C14H15F3N4OS. The molecule has 0 aliphatic rings. The fraction of sp³-hybridized carbons (Fsp3) is 0.357. The number of amides is 1. The first-order chi connectivity index (χ1) is 10.8. The van der Waals surface area contributed by atoms with Crippen LogP contribution < -0.4 is 5.43 Å². The van der Waals surface area contributed by atoms with Gasteiger partial charge >= 0.3 is 6.18 Å². The van der Waals surface area contributed by atoms with Gasteiger partial charge in [0.25, 0.3) is 0 Å². The highest BCUT2D eigenvalue weighted by Gasteiger charge is 2.34. The number of alkyl halides is 3. The van der Waals surface area contributed by atoms with E-state index >= 15 is 0 Å². The van der Waals surface area contributed by atoms with Crippen molar-refractivity contribution in [3.63, 3.8) is 0 Å². The summed E-state index contributed by atoms with van der Waals surface area (Å²) < 4.78 is 38.8. The molecule has 2 aromatic rings. The van der Waals surface area contributed by atoms with Crippen LogP contribution in [0.15, 0.2) is 22.6 Å². The molecule has 0 atom stereocenters. The molecule has 0 saturated carbocycles. The lowest BCUT2D eigenvalue weighted by Gasteiger charge is -2.04. The SMILES string of the molecule is Cc1ccsc1/C=N\NC(=O)CCn1nc(C(F)(F)F)cc1C. The number of aryl methyl sites for hydroxylation is 3. The lowest BCUT2D eigenvalue weighted by molar-refractivity contribution is -0.141. The van der Waals surface area contributed by atoms with E-state index in [9.17, 15) is 18.0 Å². The van der Waals surface area contributed by atoms with Gasteiger partial charge in [0.2, 0.25) is 5.91 Å². The number of halogens is 3. The number of rotatable bonds is 5. The van der Waals surface area contributed by atoms with E-state index in [1.807, 2.05) is 18.4 Å². The third-order valence-corrected chi connectivity index (χ3v) is 4.05. The smallest absolute Gasteiger partial charge is 0.273 e. The second-order valence-electron chi connectivity index (χ2n) is 4.90. The summed E-state index contributed by atoms with van der Waals surface area (Å²) in [6, 6.07) is 2.89. The zero-order chi connectivity index (χ0) is 17.0. The van der Waals surface area contributed by atoms with Crippen LogP contribution in [0.2, 0.25) is 0 Å². The van der Waals surface area contributed by atoms with Crippen molar-refractivity contribution in [2.24, 2.45) is 5.10 Å². The monoisotopic (exact) mass is 344 g/mol. The van der Waals surface area contributed by atoms with Gasteiger partial charge in [0.15, 0.2) is 5.69 Å². The fourth-order valence-corrected chi connectivity index (χ4v) is 2.60. The van der Waals surface area contributed by atoms with Gasteiger partial charge in [-0.2, -0.15) is 23.4 Å². The van der Waals surface area contributed by atoms with Crippen LogP contribution >= 0.6 is 11.3 Å². The van der Waals surface area contributed by atoms with Crippen molar-refractivity contribution in [1.29, 1.82) is 0 Å². The lowest BCUT2D eigenvalue weighted by Crippen LogP contribution is -2.20. The van der Waals surface area contributed by atoms with E-state index in [0.717, 1.165) is 21.2 Å². The van der Waals surface area contributed by atoms with Crippen LogP contribution in [0.4, 0.5) is 13.2 Å². The van der Waals surface area contributed by atoms with E-state index in [1.165, 1.54) is 18.3 Å². The maximum Gasteiger partial charge on any atom is 0.435 e. The van der Waals surface area contributed by atoms with Gasteiger partial charge in [0.05, 0.1) is 12.8 Å². The van der Waals surface area contributed by atoms with Crippen molar-refractivity contribution in [3.05, 3.63) is 39.3 Å². The number of carbonyl (C=O) groups excluding carboxylic acids is 1. The summed E-state index contributed by atoms with van der Waals surface area (Å²) in [6.07, 6.45) is -2.96. The number of aromatic nitrogens is 2. The summed E-state index contributed by atoms with van der Waals surface area (Å²) in [7, 11) is 0. The Morgan fingerprint density at radius 3 is 2.78 bits per heavy atom. The molecular weight excluding hydrogens is 329 g/mol. The Hall–Kier alpha value is -2.16. The molecule has 2 heterocycles. The fourth-order valence-electron chi connectivity index (χ4n) is 1.82. The predicted molar refractivity (Wildman–Crippen MR) is 81.4 cm³/mol. The van der Waals surface area contributed by atoms with Gasteiger partial charge in [-0.3, -0.25) is 9.48 Å². The Kier molecular flexibility index (Phi) is 5.19. The molecule has 0 radical (unpaired) electrons. The predicted octanol–water partition coefficient (Wildman–Crippen LogP) is 3.12. The summed E-state index contributed by atoms with van der Waals surface area (Å²) >= 11 is 1.50. The van der Waals surface area contributed by atoms with Crippen LogP contribution in [0.3, 0.4) is 0 Å². The topological polar surface area (TPSA) is 59.3 Å². The van der Waals surface area contributed by atoms with Gasteiger partial charge in [0, 0.05) is 17.0 Å². The maximum atomic E-state index is 12.5. The first kappa shape index (κ1) is 17.2. The number of nitrogens with zero attached hydrogens (tertiary/aromatic N) is 3. The van der Waals surface area contributed by atoms with Crippen LogP contribution in [0.1, 0.15) is 28.2 Å². The van der Waals surface area contributed by atoms with E-state index < -0.39 is 11.9 Å². The Bertz CT molecular complexity index is 718. The lowest BCUT2D eigenvalue weighted by atomic mass is 10.3. The quantitative estimate of drug-likeness (QED) is 0.669. The molecule has 23 heavy (non-hydrogen) atoms. The third-order valence-electron chi connectivity index (χ3n) is 3.10. The molecule has 5 nitrogen and oxygen atoms in total. The molecule has 0 bridgehead atoms. The van der Waals surface area contributed by atoms with Crippen molar-refractivity contribution in [2.45, 2.75) is 33.0 Å². The first-order valence-electron chi connectivity index (χ1n) is 6.75. The van der Waals surface area contributed by atoms with Crippen LogP contribution in [0, 0.1) is 13.8 Å². The minimum absolute atomic E-state index is 0.0133. The summed E-state index contributed by atoms with van der Waals surface area (Å²) in [5, 5.41) is 9.20. The van der Waals surface area contributed by atoms with Gasteiger partial charge in [0.1, 0.15) is 0 Å². The van der Waals surface area contributed by atoms with E-state index in [4.69, 9.17) is 0 Å². The number of thiophene rings is 1. The van der Waals surface area contributed by atoms with Crippen molar-refractivity contribution in [1.82, 2.24) is 15.2 Å². The molecule has 1 N–H and O–H groups in total. The van der Waals surface area contributed by atoms with Crippen molar-refractivity contribution >= 4 is 23.5 Å². The molecule has 9 heteroatoms. The summed E-state index contributed by atoms with van der Waals surface area (Å²) in [4.78, 5) is 12.6. The maximum absolute atomic E-state index is 12.5. The van der Waals surface area contributed by atoms with Crippen LogP contribution in [0.25, 0.3) is 0 Å². The Morgan fingerprint density at radius 1 is 1.48 bits per heavy atom. The molecule has 2 rings (SSSR count). The van der Waals surface area contributed by atoms with Crippen molar-refractivity contribution < 1.29 is 18.0 Å². The van der Waals surface area contributed by atoms with Gasteiger partial charge in [-0.1, -0.05) is 0 Å². The largest absolute Gasteiger partial charge is 0.435 e. The van der Waals surface area contributed by atoms with Crippen molar-refractivity contribution in [2.75, 3.05) is 0 Å². The third kappa shape index (κ3) is 4.65. The van der Waals surface area contributed by atoms with E-state index in [1.54, 1.807) is 6.21 Å². The van der Waals surface area contributed by atoms with Crippen LogP contribution in [-0.2, 0) is 17.5 Å². The number of nitrogens with one attached hydrogen (secondary N) is 1. The average Bonchev–Trinajstić information content (AvgIpc) is 3.03. The molecule has 1 amide bonds. The number of hydrogen-bond donors (Lipinski definition) is 1. The average molecular weight is 344 g/mol. The molecule has 0 saturated heterocycles. The van der Waals surface area contributed by atoms with Gasteiger partial charge in [-0.05, 0) is 36.9 Å². The van der Waals surface area contributed by atoms with E-state index in [0.29, 0.717) is 5.69 Å². The molecule has 124 valence electrons. The van der Waals surface area contributed by atoms with Crippen molar-refractivity contribution in [3.8, 4) is 0 Å². The number of hydrazone groups is 1. The molecule has 0 spiro atoms. The summed E-state index contributed by atoms with van der Waals surface area (Å²) in [5.41, 5.74) is 2.80. The van der Waals surface area contributed by atoms with Gasteiger partial charge in [-0.15, -0.1) is 11.3 Å². The van der Waals surface area contributed by atoms with Crippen LogP contribution in [0.5, 0.6) is 0 Å². The zero-order valence-electron chi connectivity index (χ0n) is 12.5. The molecule has 0 aliphatic heterocycles. The molecule has 0 fully saturated rings. The standard InChI is InChI=1S/C14H15F3N4OS/c1-9-4-6-23-11(9)8-18-19-13(22)3-5-21-10(2)7-12(20-21)14(15,16)17/h4,6-8H,3,5H2,1-2H3,(H,19,22)/b18-8-. The minimum Gasteiger partial charge on any atom is -0.273 e. The highest BCUT2D eigenvalue weighted by atomic mass is 32.1. The minimum atomic E-state index is -4.48. The normalized spacial score (nSPS) is 12.0. The van der Waals surface area contributed by atoms with Gasteiger partial charge in [-0.25, -0.2) is 5.43 Å². The van der Waals surface area contributed by atoms with E-state index in [-0.39, 0.29) is 18.9 Å². The number of hydrogen-bond acceptors (Lipinski definition) is 4. The summed E-state index contributed by atoms with van der Waals surface area (Å²) in [6.45, 7) is 3.50. The second kappa shape index (κ2) is 6.95. The highest BCUT2D eigenvalue weighted by molar-refractivity contribution is 7.11.